The first kappa shape index (κ1) is 25.8. The van der Waals surface area contributed by atoms with E-state index in [1.54, 1.807) is 7.11 Å². The van der Waals surface area contributed by atoms with Gasteiger partial charge in [0, 0.05) is 19.1 Å². The molecule has 38 heavy (non-hydrogen) atoms. The third-order valence-electron chi connectivity index (χ3n) is 7.38. The average Bonchev–Trinajstić information content (AvgIpc) is 3.02. The Morgan fingerprint density at radius 2 is 0.947 bits per heavy atom. The third kappa shape index (κ3) is 4.86. The summed E-state index contributed by atoms with van der Waals surface area (Å²) in [6.07, 6.45) is 1.31. The van der Waals surface area contributed by atoms with Gasteiger partial charge in [-0.2, -0.15) is 0 Å². The molecule has 0 bridgehead atoms. The molecule has 0 aliphatic heterocycles. The Labute approximate surface area is 226 Å². The van der Waals surface area contributed by atoms with Crippen LogP contribution in [-0.4, -0.2) is 19.1 Å². The van der Waals surface area contributed by atoms with E-state index >= 15 is 0 Å². The van der Waals surface area contributed by atoms with Crippen molar-refractivity contribution in [1.29, 1.82) is 0 Å². The van der Waals surface area contributed by atoms with Gasteiger partial charge in [-0.05, 0) is 42.0 Å². The van der Waals surface area contributed by atoms with E-state index in [9.17, 15) is 4.79 Å². The Kier molecular flexibility index (Phi) is 7.94. The number of ketones is 1. The monoisotopic (exact) mass is 515 g/mol. The van der Waals surface area contributed by atoms with Crippen LogP contribution in [-0.2, 0) is 10.3 Å². The summed E-state index contributed by atoms with van der Waals surface area (Å²) < 4.78 is 6.31. The molecule has 2 nitrogen and oxygen atoms in total. The van der Waals surface area contributed by atoms with Gasteiger partial charge < -0.3 is 4.74 Å². The second-order valence-electron chi connectivity index (χ2n) is 9.38. The summed E-state index contributed by atoms with van der Waals surface area (Å²) in [6, 6.07) is 51.8. The lowest BCUT2D eigenvalue weighted by molar-refractivity contribution is -0.00290. The fraction of sp³-hybridized carbons (Fsp3) is 0.114. The van der Waals surface area contributed by atoms with E-state index in [0.717, 1.165) is 11.7 Å². The van der Waals surface area contributed by atoms with Gasteiger partial charge in [-0.3, -0.25) is 4.79 Å². The first-order valence-corrected chi connectivity index (χ1v) is 14.9. The molecule has 5 rings (SSSR count). The maximum Gasteiger partial charge on any atom is 0.199 e. The molecule has 0 unspecified atom stereocenters. The van der Waals surface area contributed by atoms with Crippen molar-refractivity contribution in [1.82, 2.24) is 0 Å². The molecule has 1 atom stereocenters. The van der Waals surface area contributed by atoms with Crippen molar-refractivity contribution in [2.24, 2.45) is 0 Å². The molecule has 0 aliphatic rings. The van der Waals surface area contributed by atoms with Gasteiger partial charge in [0.15, 0.2) is 11.4 Å². The molecule has 5 aromatic rings. The van der Waals surface area contributed by atoms with Crippen LogP contribution in [0.25, 0.3) is 0 Å². The highest BCUT2D eigenvalue weighted by Crippen LogP contribution is 2.57. The molecule has 0 heterocycles. The highest BCUT2D eigenvalue weighted by Gasteiger charge is 2.50. The van der Waals surface area contributed by atoms with Crippen molar-refractivity contribution in [3.8, 4) is 0 Å². The summed E-state index contributed by atoms with van der Waals surface area (Å²) in [4.78, 5) is 14.3. The van der Waals surface area contributed by atoms with Gasteiger partial charge in [-0.25, -0.2) is 0 Å². The maximum absolute atomic E-state index is 14.3. The van der Waals surface area contributed by atoms with Crippen LogP contribution in [0.2, 0.25) is 0 Å². The fourth-order valence-electron chi connectivity index (χ4n) is 5.44. The zero-order valence-corrected chi connectivity index (χ0v) is 22.5. The van der Waals surface area contributed by atoms with Crippen LogP contribution < -0.4 is 15.9 Å². The molecule has 0 spiro atoms. The van der Waals surface area contributed by atoms with Crippen molar-refractivity contribution >= 4 is 29.0 Å². The Balaban J connectivity index is 1.70. The van der Waals surface area contributed by atoms with Crippen molar-refractivity contribution in [2.45, 2.75) is 12.0 Å². The van der Waals surface area contributed by atoms with Crippen LogP contribution >= 0.6 is 7.26 Å². The molecule has 0 aromatic heterocycles. The lowest BCUT2D eigenvalue weighted by atomic mass is 9.83. The minimum atomic E-state index is -2.15. The number of carbonyl (C=O) groups is 1. The Hall–Kier alpha value is -3.84. The molecule has 0 fully saturated rings. The van der Waals surface area contributed by atoms with Gasteiger partial charge in [0.05, 0.1) is 6.16 Å². The summed E-state index contributed by atoms with van der Waals surface area (Å²) in [5.74, 6) is -0.0147. The molecule has 0 radical (unpaired) electrons. The number of ether oxygens (including phenoxy) is 1. The van der Waals surface area contributed by atoms with Crippen LogP contribution in [0.5, 0.6) is 0 Å². The zero-order chi connectivity index (χ0) is 26.3. The maximum atomic E-state index is 14.3. The van der Waals surface area contributed by atoms with Crippen LogP contribution in [0.3, 0.4) is 0 Å². The largest absolute Gasteiger partial charge is 0.365 e. The molecule has 3 heteroatoms. The van der Waals surface area contributed by atoms with Crippen molar-refractivity contribution in [2.75, 3.05) is 13.3 Å². The fourth-order valence-corrected chi connectivity index (χ4v) is 9.80. The number of benzene rings is 5. The van der Waals surface area contributed by atoms with Crippen LogP contribution in [0.15, 0.2) is 152 Å². The summed E-state index contributed by atoms with van der Waals surface area (Å²) in [6.45, 7) is 0. The third-order valence-corrected chi connectivity index (χ3v) is 11.8. The predicted molar refractivity (Wildman–Crippen MR) is 161 cm³/mol. The summed E-state index contributed by atoms with van der Waals surface area (Å²) in [5.41, 5.74) is 0.413. The lowest BCUT2D eigenvalue weighted by Gasteiger charge is -2.35. The van der Waals surface area contributed by atoms with E-state index in [2.05, 4.69) is 91.0 Å². The van der Waals surface area contributed by atoms with Crippen molar-refractivity contribution in [3.05, 3.63) is 163 Å². The molecule has 0 saturated heterocycles. The SMILES string of the molecule is CO[C@](CC[P+](c1ccccc1)(c1ccccc1)c1ccccc1)(C(=O)c1ccccc1)c1ccccc1. The van der Waals surface area contributed by atoms with E-state index in [0.29, 0.717) is 12.0 Å². The number of carbonyl (C=O) groups excluding carboxylic acids is 1. The van der Waals surface area contributed by atoms with Crippen LogP contribution in [0.1, 0.15) is 22.3 Å². The smallest absolute Gasteiger partial charge is 0.199 e. The van der Waals surface area contributed by atoms with Gasteiger partial charge in [0.25, 0.3) is 0 Å². The summed E-state index contributed by atoms with van der Waals surface area (Å²) in [7, 11) is -0.479. The lowest BCUT2D eigenvalue weighted by Crippen LogP contribution is -2.42. The van der Waals surface area contributed by atoms with Crippen LogP contribution in [0, 0.1) is 0 Å². The summed E-state index contributed by atoms with van der Waals surface area (Å²) >= 11 is 0. The van der Waals surface area contributed by atoms with Crippen molar-refractivity contribution in [3.63, 3.8) is 0 Å². The second-order valence-corrected chi connectivity index (χ2v) is 13.0. The van der Waals surface area contributed by atoms with Crippen LogP contribution in [0.4, 0.5) is 0 Å². The highest BCUT2D eigenvalue weighted by molar-refractivity contribution is 7.95. The molecular formula is C35H32O2P+. The Bertz CT molecular complexity index is 1340. The molecule has 5 aromatic carbocycles. The standard InChI is InChI=1S/C35H32O2P/c1-37-35(30-19-9-3-10-20-30,34(36)29-17-7-2-8-18-29)27-28-38(31-21-11-4-12-22-31,32-23-13-5-14-24-32)33-25-15-6-16-26-33/h2-26H,27-28H2,1H3/q+1/t35-/m0/s1. The van der Waals surface area contributed by atoms with Gasteiger partial charge in [0.2, 0.25) is 0 Å². The van der Waals surface area contributed by atoms with Gasteiger partial charge >= 0.3 is 0 Å². The first-order chi connectivity index (χ1) is 18.7. The topological polar surface area (TPSA) is 26.3 Å². The van der Waals surface area contributed by atoms with E-state index in [1.807, 2.05) is 60.7 Å². The number of rotatable bonds is 10. The molecule has 0 saturated carbocycles. The molecular weight excluding hydrogens is 483 g/mol. The number of hydrogen-bond acceptors (Lipinski definition) is 2. The van der Waals surface area contributed by atoms with Gasteiger partial charge in [0.1, 0.15) is 23.2 Å². The molecule has 0 aliphatic carbocycles. The average molecular weight is 516 g/mol. The normalized spacial score (nSPS) is 13.0. The number of hydrogen-bond donors (Lipinski definition) is 0. The Morgan fingerprint density at radius 1 is 0.579 bits per heavy atom. The van der Waals surface area contributed by atoms with E-state index in [-0.39, 0.29) is 5.78 Å². The molecule has 0 N–H and O–H groups in total. The van der Waals surface area contributed by atoms with Gasteiger partial charge in [-0.15, -0.1) is 0 Å². The first-order valence-electron chi connectivity index (χ1n) is 13.0. The molecule has 188 valence electrons. The second kappa shape index (κ2) is 11.7. The zero-order valence-electron chi connectivity index (χ0n) is 21.6. The number of Topliss-reactive ketones (excluding diaryl/α,β-unsaturated/α-hetero) is 1. The minimum Gasteiger partial charge on any atom is -0.365 e. The predicted octanol–water partition coefficient (Wildman–Crippen LogP) is 6.80. The highest BCUT2D eigenvalue weighted by atomic mass is 31.2. The van der Waals surface area contributed by atoms with Crippen molar-refractivity contribution < 1.29 is 9.53 Å². The van der Waals surface area contributed by atoms with E-state index in [4.69, 9.17) is 4.74 Å². The molecule has 0 amide bonds. The van der Waals surface area contributed by atoms with Gasteiger partial charge in [-0.1, -0.05) is 115 Å². The minimum absolute atomic E-state index is 0.0147. The summed E-state index contributed by atoms with van der Waals surface area (Å²) in [5, 5.41) is 3.88. The Morgan fingerprint density at radius 3 is 1.34 bits per heavy atom. The quantitative estimate of drug-likeness (QED) is 0.151. The number of methoxy groups -OCH3 is 1. The van der Waals surface area contributed by atoms with E-state index < -0.39 is 12.9 Å². The van der Waals surface area contributed by atoms with E-state index in [1.165, 1.54) is 15.9 Å².